The predicted molar refractivity (Wildman–Crippen MR) is 229 cm³/mol. The molecule has 0 aliphatic rings. The van der Waals surface area contributed by atoms with Crippen molar-refractivity contribution in [3.05, 3.63) is 200 Å². The standard InChI is InChI=1S/C52H33NO2/c1-3-12-34(13-4-1)35-22-26-40(27-23-35)53(41-28-24-37(25-29-41)42-19-11-20-44-43-18-9-10-21-49(43)55-52(42)44)48-32-47-46-30-38-16-7-8-17-39(38)31-50(46)54-51(47)33-45(48)36-14-5-2-6-15-36/h1-33H. The van der Waals surface area contributed by atoms with Crippen LogP contribution in [0, 0.1) is 0 Å². The lowest BCUT2D eigenvalue weighted by Gasteiger charge is -2.28. The number of para-hydroxylation sites is 2. The van der Waals surface area contributed by atoms with Crippen molar-refractivity contribution in [1.29, 1.82) is 0 Å². The molecule has 11 aromatic rings. The van der Waals surface area contributed by atoms with Crippen LogP contribution in [0.25, 0.3) is 88.0 Å². The van der Waals surface area contributed by atoms with Gasteiger partial charge in [0.25, 0.3) is 0 Å². The Labute approximate surface area is 317 Å². The van der Waals surface area contributed by atoms with Crippen LogP contribution >= 0.6 is 0 Å². The molecule has 55 heavy (non-hydrogen) atoms. The maximum Gasteiger partial charge on any atom is 0.143 e. The fourth-order valence-electron chi connectivity index (χ4n) is 8.16. The zero-order valence-electron chi connectivity index (χ0n) is 29.8. The summed E-state index contributed by atoms with van der Waals surface area (Å²) in [5.74, 6) is 0. The number of nitrogens with zero attached hydrogens (tertiary/aromatic N) is 1. The first-order valence-corrected chi connectivity index (χ1v) is 18.7. The summed E-state index contributed by atoms with van der Waals surface area (Å²) >= 11 is 0. The molecule has 0 amide bonds. The first-order valence-electron chi connectivity index (χ1n) is 18.7. The second-order valence-corrected chi connectivity index (χ2v) is 14.1. The van der Waals surface area contributed by atoms with Crippen LogP contribution < -0.4 is 4.90 Å². The molecule has 9 aromatic carbocycles. The Bertz CT molecular complexity index is 3180. The van der Waals surface area contributed by atoms with Crippen LogP contribution in [0.5, 0.6) is 0 Å². The highest BCUT2D eigenvalue weighted by atomic mass is 16.3. The second kappa shape index (κ2) is 12.6. The van der Waals surface area contributed by atoms with Gasteiger partial charge in [-0.3, -0.25) is 0 Å². The second-order valence-electron chi connectivity index (χ2n) is 14.1. The van der Waals surface area contributed by atoms with E-state index in [1.807, 2.05) is 12.1 Å². The van der Waals surface area contributed by atoms with Crippen molar-refractivity contribution in [2.45, 2.75) is 0 Å². The number of rotatable bonds is 6. The Morgan fingerprint density at radius 1 is 0.309 bits per heavy atom. The van der Waals surface area contributed by atoms with Crippen molar-refractivity contribution in [3.63, 3.8) is 0 Å². The summed E-state index contributed by atoms with van der Waals surface area (Å²) in [7, 11) is 0. The minimum Gasteiger partial charge on any atom is -0.456 e. The topological polar surface area (TPSA) is 29.5 Å². The molecule has 11 rings (SSSR count). The van der Waals surface area contributed by atoms with Crippen LogP contribution in [0.4, 0.5) is 17.1 Å². The average molecular weight is 704 g/mol. The Balaban J connectivity index is 1.13. The lowest BCUT2D eigenvalue weighted by Crippen LogP contribution is -2.11. The number of hydrogen-bond acceptors (Lipinski definition) is 3. The van der Waals surface area contributed by atoms with E-state index in [4.69, 9.17) is 8.83 Å². The maximum atomic E-state index is 6.63. The van der Waals surface area contributed by atoms with Crippen molar-refractivity contribution >= 4 is 71.7 Å². The number of fused-ring (bicyclic) bond motifs is 7. The van der Waals surface area contributed by atoms with Gasteiger partial charge in [0, 0.05) is 44.0 Å². The molecule has 0 fully saturated rings. The van der Waals surface area contributed by atoms with Gasteiger partial charge in [-0.1, -0.05) is 146 Å². The van der Waals surface area contributed by atoms with Gasteiger partial charge in [-0.15, -0.1) is 0 Å². The first-order chi connectivity index (χ1) is 27.2. The Kier molecular flexibility index (Phi) is 7.17. The summed E-state index contributed by atoms with van der Waals surface area (Å²) in [5.41, 5.74) is 13.4. The van der Waals surface area contributed by atoms with E-state index in [1.54, 1.807) is 0 Å². The molecule has 0 aliphatic carbocycles. The summed E-state index contributed by atoms with van der Waals surface area (Å²) in [6, 6.07) is 71.0. The van der Waals surface area contributed by atoms with E-state index in [0.29, 0.717) is 0 Å². The number of benzene rings is 9. The number of furan rings is 2. The van der Waals surface area contributed by atoms with Crippen molar-refractivity contribution < 1.29 is 8.83 Å². The molecule has 3 heteroatoms. The van der Waals surface area contributed by atoms with Crippen molar-refractivity contribution in [1.82, 2.24) is 0 Å². The van der Waals surface area contributed by atoms with Crippen LogP contribution in [-0.4, -0.2) is 0 Å². The molecule has 0 saturated carbocycles. The van der Waals surface area contributed by atoms with E-state index in [0.717, 1.165) is 88.6 Å². The third-order valence-electron chi connectivity index (χ3n) is 10.9. The third kappa shape index (κ3) is 5.28. The van der Waals surface area contributed by atoms with E-state index < -0.39 is 0 Å². The molecule has 0 N–H and O–H groups in total. The van der Waals surface area contributed by atoms with Crippen LogP contribution in [0.3, 0.4) is 0 Å². The third-order valence-corrected chi connectivity index (χ3v) is 10.9. The molecule has 0 unspecified atom stereocenters. The van der Waals surface area contributed by atoms with E-state index in [2.05, 4.69) is 193 Å². The van der Waals surface area contributed by atoms with E-state index in [1.165, 1.54) is 16.5 Å². The van der Waals surface area contributed by atoms with Gasteiger partial charge in [0.1, 0.15) is 22.3 Å². The van der Waals surface area contributed by atoms with Crippen LogP contribution in [0.1, 0.15) is 0 Å². The summed E-state index contributed by atoms with van der Waals surface area (Å²) in [6.07, 6.45) is 0. The van der Waals surface area contributed by atoms with Gasteiger partial charge in [0.15, 0.2) is 0 Å². The fraction of sp³-hybridized carbons (Fsp3) is 0. The first kappa shape index (κ1) is 31.2. The molecule has 2 heterocycles. The van der Waals surface area contributed by atoms with Gasteiger partial charge in [0.05, 0.1) is 5.69 Å². The molecule has 2 aromatic heterocycles. The van der Waals surface area contributed by atoms with Gasteiger partial charge < -0.3 is 13.7 Å². The van der Waals surface area contributed by atoms with E-state index in [9.17, 15) is 0 Å². The Morgan fingerprint density at radius 3 is 1.60 bits per heavy atom. The fourth-order valence-corrected chi connectivity index (χ4v) is 8.16. The quantitative estimate of drug-likeness (QED) is 0.173. The molecule has 0 atom stereocenters. The lowest BCUT2D eigenvalue weighted by molar-refractivity contribution is 0.669. The van der Waals surface area contributed by atoms with E-state index in [-0.39, 0.29) is 0 Å². The largest absolute Gasteiger partial charge is 0.456 e. The van der Waals surface area contributed by atoms with Gasteiger partial charge in [0.2, 0.25) is 0 Å². The summed E-state index contributed by atoms with van der Waals surface area (Å²) in [5, 5.41) is 6.78. The summed E-state index contributed by atoms with van der Waals surface area (Å²) in [4.78, 5) is 2.38. The molecule has 0 spiro atoms. The van der Waals surface area contributed by atoms with Gasteiger partial charge in [-0.25, -0.2) is 0 Å². The van der Waals surface area contributed by atoms with Gasteiger partial charge in [-0.2, -0.15) is 0 Å². The average Bonchev–Trinajstić information content (AvgIpc) is 3.81. The molecular formula is C52H33NO2. The zero-order valence-corrected chi connectivity index (χ0v) is 29.8. The maximum absolute atomic E-state index is 6.63. The van der Waals surface area contributed by atoms with Crippen molar-refractivity contribution in [2.75, 3.05) is 4.90 Å². The molecule has 258 valence electrons. The normalized spacial score (nSPS) is 11.6. The highest BCUT2D eigenvalue weighted by Gasteiger charge is 2.22. The SMILES string of the molecule is c1ccc(-c2ccc(N(c3ccc(-c4cccc5c4oc4ccccc45)cc3)c3cc4c(cc3-c3ccccc3)oc3cc5ccccc5cc34)cc2)cc1. The zero-order chi connectivity index (χ0) is 36.3. The molecule has 0 aliphatic heterocycles. The van der Waals surface area contributed by atoms with Crippen LogP contribution in [0.15, 0.2) is 209 Å². The Hall–Kier alpha value is -7.36. The minimum atomic E-state index is 0.863. The van der Waals surface area contributed by atoms with Gasteiger partial charge >= 0.3 is 0 Å². The van der Waals surface area contributed by atoms with Crippen LogP contribution in [-0.2, 0) is 0 Å². The highest BCUT2D eigenvalue weighted by Crippen LogP contribution is 2.46. The molecule has 0 saturated heterocycles. The predicted octanol–water partition coefficient (Wildman–Crippen LogP) is 15.1. The minimum absolute atomic E-state index is 0.863. The number of hydrogen-bond donors (Lipinski definition) is 0. The van der Waals surface area contributed by atoms with Gasteiger partial charge in [-0.05, 0) is 87.6 Å². The molecular weight excluding hydrogens is 671 g/mol. The van der Waals surface area contributed by atoms with Crippen molar-refractivity contribution in [3.8, 4) is 33.4 Å². The lowest BCUT2D eigenvalue weighted by atomic mass is 9.98. The Morgan fingerprint density at radius 2 is 0.855 bits per heavy atom. The van der Waals surface area contributed by atoms with E-state index >= 15 is 0 Å². The van der Waals surface area contributed by atoms with Crippen LogP contribution in [0.2, 0.25) is 0 Å². The van der Waals surface area contributed by atoms with Crippen molar-refractivity contribution in [2.24, 2.45) is 0 Å². The molecule has 0 bridgehead atoms. The highest BCUT2D eigenvalue weighted by molar-refractivity contribution is 6.13. The monoisotopic (exact) mass is 703 g/mol. The summed E-state index contributed by atoms with van der Waals surface area (Å²) in [6.45, 7) is 0. The molecule has 0 radical (unpaired) electrons. The molecule has 3 nitrogen and oxygen atoms in total. The number of anilines is 3. The summed E-state index contributed by atoms with van der Waals surface area (Å²) < 4.78 is 13.1. The smallest absolute Gasteiger partial charge is 0.143 e.